The van der Waals surface area contributed by atoms with Crippen LogP contribution in [0.4, 0.5) is 29.3 Å². The molecular weight excluding hydrogens is 691 g/mol. The number of nitrogens with one attached hydrogen (secondary N) is 3. The third kappa shape index (κ3) is 11.1. The molecule has 14 heteroatoms. The van der Waals surface area contributed by atoms with Crippen LogP contribution in [0.1, 0.15) is 92.4 Å². The van der Waals surface area contributed by atoms with Crippen LogP contribution in [0, 0.1) is 11.3 Å². The fraction of sp³-hybridized carbons (Fsp3) is 0.385. The van der Waals surface area contributed by atoms with E-state index in [0.717, 1.165) is 35.9 Å². The Hall–Kier alpha value is -5.21. The molecule has 3 N–H and O–H groups in total. The van der Waals surface area contributed by atoms with E-state index in [0.29, 0.717) is 47.7 Å². The summed E-state index contributed by atoms with van der Waals surface area (Å²) in [6.07, 6.45) is -2.18. The van der Waals surface area contributed by atoms with Gasteiger partial charge in [0.15, 0.2) is 5.69 Å². The number of hydrogen-bond donors (Lipinski definition) is 3. The average Bonchev–Trinajstić information content (AvgIpc) is 3.81. The molecule has 5 rings (SSSR count). The molecule has 0 bridgehead atoms. The summed E-state index contributed by atoms with van der Waals surface area (Å²) in [7, 11) is 0. The third-order valence-corrected chi connectivity index (χ3v) is 8.25. The summed E-state index contributed by atoms with van der Waals surface area (Å²) in [4.78, 5) is 43.2. The van der Waals surface area contributed by atoms with Gasteiger partial charge in [-0.1, -0.05) is 49.7 Å². The smallest absolute Gasteiger partial charge is 0.435 e. The highest BCUT2D eigenvalue weighted by molar-refractivity contribution is 6.03. The van der Waals surface area contributed by atoms with Crippen LogP contribution in [-0.2, 0) is 31.8 Å². The van der Waals surface area contributed by atoms with Gasteiger partial charge < -0.3 is 19.6 Å². The molecule has 1 atom stereocenters. The summed E-state index contributed by atoms with van der Waals surface area (Å²) in [5.41, 5.74) is 3.28. The van der Waals surface area contributed by atoms with Crippen molar-refractivity contribution in [3.63, 3.8) is 0 Å². The third-order valence-electron chi connectivity index (χ3n) is 8.25. The summed E-state index contributed by atoms with van der Waals surface area (Å²) < 4.78 is 54.2. The Morgan fingerprint density at radius 2 is 1.57 bits per heavy atom. The van der Waals surface area contributed by atoms with E-state index in [1.807, 2.05) is 19.1 Å². The summed E-state index contributed by atoms with van der Waals surface area (Å²) in [6, 6.07) is 21.1. The molecule has 11 nitrogen and oxygen atoms in total. The number of hydroxylamine groups is 1. The number of halogens is 3. The lowest BCUT2D eigenvalue weighted by Gasteiger charge is -2.21. The number of rotatable bonds is 15. The molecule has 1 saturated carbocycles. The molecule has 3 aromatic carbocycles. The first-order chi connectivity index (χ1) is 25.2. The molecule has 53 heavy (non-hydrogen) atoms. The number of nitrogens with zero attached hydrogens (tertiary/aromatic N) is 2. The topological polar surface area (TPSA) is 133 Å². The van der Waals surface area contributed by atoms with Gasteiger partial charge in [-0.2, -0.15) is 18.3 Å². The number of benzene rings is 3. The van der Waals surface area contributed by atoms with Crippen molar-refractivity contribution in [2.24, 2.45) is 11.3 Å². The van der Waals surface area contributed by atoms with Crippen LogP contribution in [0.2, 0.25) is 0 Å². The Kier molecular flexibility index (Phi) is 12.6. The van der Waals surface area contributed by atoms with E-state index in [1.165, 1.54) is 12.1 Å². The normalized spacial score (nSPS) is 13.6. The molecule has 0 radical (unpaired) electrons. The Morgan fingerprint density at radius 1 is 0.906 bits per heavy atom. The van der Waals surface area contributed by atoms with Crippen molar-refractivity contribution in [1.82, 2.24) is 15.3 Å². The zero-order chi connectivity index (χ0) is 38.2. The van der Waals surface area contributed by atoms with Crippen molar-refractivity contribution < 1.29 is 41.9 Å². The minimum absolute atomic E-state index is 0.0589. The largest absolute Gasteiger partial charge is 0.449 e. The van der Waals surface area contributed by atoms with Crippen LogP contribution < -0.4 is 16.1 Å². The van der Waals surface area contributed by atoms with E-state index < -0.39 is 41.4 Å². The molecule has 1 aliphatic carbocycles. The Bertz CT molecular complexity index is 1900. The molecule has 0 spiro atoms. The molecule has 0 aliphatic heterocycles. The molecule has 2 amide bonds. The van der Waals surface area contributed by atoms with Crippen LogP contribution in [0.5, 0.6) is 0 Å². The molecule has 1 heterocycles. The number of hydrogen-bond acceptors (Lipinski definition) is 8. The zero-order valence-corrected chi connectivity index (χ0v) is 30.1. The molecule has 4 aromatic rings. The van der Waals surface area contributed by atoms with Gasteiger partial charge in [-0.25, -0.2) is 14.3 Å². The van der Waals surface area contributed by atoms with Crippen LogP contribution >= 0.6 is 0 Å². The van der Waals surface area contributed by atoms with Gasteiger partial charge in [0.2, 0.25) is 0 Å². The predicted molar refractivity (Wildman–Crippen MR) is 192 cm³/mol. The number of ether oxygens (including phenoxy) is 2. The lowest BCUT2D eigenvalue weighted by Crippen LogP contribution is -2.29. The van der Waals surface area contributed by atoms with Crippen molar-refractivity contribution in [3.05, 3.63) is 107 Å². The van der Waals surface area contributed by atoms with E-state index in [9.17, 15) is 27.6 Å². The van der Waals surface area contributed by atoms with Crippen molar-refractivity contribution in [1.29, 1.82) is 0 Å². The van der Waals surface area contributed by atoms with Crippen molar-refractivity contribution in [2.45, 2.75) is 72.2 Å². The predicted octanol–water partition coefficient (Wildman–Crippen LogP) is 8.60. The van der Waals surface area contributed by atoms with Gasteiger partial charge in [0.05, 0.1) is 30.9 Å². The summed E-state index contributed by atoms with van der Waals surface area (Å²) in [6.45, 7) is 7.98. The van der Waals surface area contributed by atoms with Gasteiger partial charge in [0.25, 0.3) is 5.91 Å². The van der Waals surface area contributed by atoms with Gasteiger partial charge in [-0.3, -0.25) is 10.1 Å². The first kappa shape index (κ1) is 39.0. The molecule has 1 aliphatic rings. The van der Waals surface area contributed by atoms with Crippen LogP contribution in [0.15, 0.2) is 78.9 Å². The zero-order valence-electron chi connectivity index (χ0n) is 30.1. The molecule has 0 saturated heterocycles. The second kappa shape index (κ2) is 17.1. The number of carbonyl (C=O) groups excluding carboxylic acids is 3. The van der Waals surface area contributed by atoms with Crippen molar-refractivity contribution in [3.8, 4) is 5.69 Å². The average molecular weight is 736 g/mol. The quantitative estimate of drug-likeness (QED) is 0.0817. The molecule has 1 unspecified atom stereocenters. The monoisotopic (exact) mass is 735 g/mol. The summed E-state index contributed by atoms with van der Waals surface area (Å²) in [5.74, 6) is -0.869. The van der Waals surface area contributed by atoms with Crippen LogP contribution in [0.3, 0.4) is 0 Å². The van der Waals surface area contributed by atoms with Crippen LogP contribution in [-0.4, -0.2) is 41.0 Å². The van der Waals surface area contributed by atoms with E-state index in [-0.39, 0.29) is 17.9 Å². The van der Waals surface area contributed by atoms with E-state index in [2.05, 4.69) is 21.2 Å². The summed E-state index contributed by atoms with van der Waals surface area (Å²) >= 11 is 0. The van der Waals surface area contributed by atoms with Gasteiger partial charge in [0, 0.05) is 17.4 Å². The minimum atomic E-state index is -4.82. The Labute approximate surface area is 306 Å². The molecule has 282 valence electrons. The highest BCUT2D eigenvalue weighted by Gasteiger charge is 2.36. The molecule has 1 aromatic heterocycles. The van der Waals surface area contributed by atoms with Gasteiger partial charge in [0.1, 0.15) is 11.8 Å². The Morgan fingerprint density at radius 3 is 2.19 bits per heavy atom. The maximum absolute atomic E-state index is 13.9. The van der Waals surface area contributed by atoms with Crippen molar-refractivity contribution >= 4 is 29.3 Å². The lowest BCUT2D eigenvalue weighted by molar-refractivity contribution is -0.161. The summed E-state index contributed by atoms with van der Waals surface area (Å²) in [5, 5.41) is 9.22. The fourth-order valence-electron chi connectivity index (χ4n) is 5.13. The van der Waals surface area contributed by atoms with E-state index >= 15 is 0 Å². The van der Waals surface area contributed by atoms with Crippen molar-refractivity contribution in [2.75, 3.05) is 23.8 Å². The van der Waals surface area contributed by atoms with Gasteiger partial charge >= 0.3 is 18.2 Å². The lowest BCUT2D eigenvalue weighted by atomic mass is 9.98. The number of alkyl halides is 3. The molecular formula is C39H44F3N5O6. The highest BCUT2D eigenvalue weighted by Crippen LogP contribution is 2.35. The number of amides is 2. The first-order valence-electron chi connectivity index (χ1n) is 17.5. The second-order valence-electron chi connectivity index (χ2n) is 13.9. The maximum atomic E-state index is 13.9. The number of unbranched alkanes of at least 4 members (excludes halogenated alkanes) is 1. The van der Waals surface area contributed by atoms with Gasteiger partial charge in [-0.15, -0.1) is 5.48 Å². The SMILES string of the molecule is CCCCOC(=O)Nc1cccc(C(OCC2CC2)c2cccc(NC(=O)c3cc(C(F)(F)F)nn3-c3cccc(CNOC(=O)C(C)(C)C)c3)c2)c1. The maximum Gasteiger partial charge on any atom is 0.435 e. The fourth-order valence-corrected chi connectivity index (χ4v) is 5.13. The minimum Gasteiger partial charge on any atom is -0.449 e. The molecule has 1 fully saturated rings. The van der Waals surface area contributed by atoms with Crippen LogP contribution in [0.25, 0.3) is 5.69 Å². The van der Waals surface area contributed by atoms with E-state index in [4.69, 9.17) is 14.3 Å². The van der Waals surface area contributed by atoms with E-state index in [1.54, 1.807) is 69.3 Å². The Balaban J connectivity index is 1.37. The second-order valence-corrected chi connectivity index (χ2v) is 13.9. The number of aromatic nitrogens is 2. The number of carbonyl (C=O) groups is 3. The van der Waals surface area contributed by atoms with Gasteiger partial charge in [-0.05, 0) is 99.0 Å². The first-order valence-corrected chi connectivity index (χ1v) is 17.5. The number of anilines is 2. The standard InChI is InChI=1S/C39H44F3N5O6/c1-5-6-18-51-37(50)45-30-14-9-12-28(21-30)34(52-24-25-16-17-25)27-11-8-13-29(20-27)44-35(48)32-22-33(39(40,41)42)46-47(32)31-15-7-10-26(19-31)23-43-53-36(49)38(2,3)4/h7-15,19-22,25,34,43H,5-6,16-18,23-24H2,1-4H3,(H,44,48)(H,45,50). The highest BCUT2D eigenvalue weighted by atomic mass is 19.4.